The van der Waals surface area contributed by atoms with E-state index in [1.54, 1.807) is 18.2 Å². The topological polar surface area (TPSA) is 63.8 Å². The predicted molar refractivity (Wildman–Crippen MR) is 84.2 cm³/mol. The molecule has 1 amide bonds. The van der Waals surface area contributed by atoms with Crippen LogP contribution in [-0.4, -0.2) is 32.1 Å². The number of halogens is 1. The molecule has 2 heterocycles. The summed E-state index contributed by atoms with van der Waals surface area (Å²) in [6.45, 7) is 3.84. The Morgan fingerprint density at radius 3 is 2.70 bits per heavy atom. The molecule has 6 heteroatoms. The fraction of sp³-hybridized carbons (Fsp3) is 0.412. The molecule has 5 nitrogen and oxygen atoms in total. The molecular formula is C17H21ClN2O3. The summed E-state index contributed by atoms with van der Waals surface area (Å²) in [6.07, 6.45) is 3.84. The van der Waals surface area contributed by atoms with Gasteiger partial charge in [0.05, 0.1) is 26.2 Å². The lowest BCUT2D eigenvalue weighted by atomic mass is 10.1. The van der Waals surface area contributed by atoms with Crippen LogP contribution in [0.3, 0.4) is 0 Å². The van der Waals surface area contributed by atoms with Gasteiger partial charge in [-0.25, -0.2) is 4.79 Å². The van der Waals surface area contributed by atoms with Gasteiger partial charge in [0.15, 0.2) is 0 Å². The van der Waals surface area contributed by atoms with Gasteiger partial charge < -0.3 is 27.0 Å². The third-order valence-electron chi connectivity index (χ3n) is 4.21. The second kappa shape index (κ2) is 8.13. The van der Waals surface area contributed by atoms with Crippen molar-refractivity contribution in [2.75, 3.05) is 26.2 Å². The number of amides is 1. The first-order chi connectivity index (χ1) is 10.7. The van der Waals surface area contributed by atoms with Crippen LogP contribution < -0.4 is 28.2 Å². The highest BCUT2D eigenvalue weighted by molar-refractivity contribution is 5.96. The van der Waals surface area contributed by atoms with Crippen molar-refractivity contribution in [3.8, 4) is 0 Å². The van der Waals surface area contributed by atoms with Crippen molar-refractivity contribution in [1.29, 1.82) is 0 Å². The highest BCUT2D eigenvalue weighted by Crippen LogP contribution is 2.12. The number of piperidine rings is 1. The zero-order valence-electron chi connectivity index (χ0n) is 12.9. The minimum atomic E-state index is -0.582. The van der Waals surface area contributed by atoms with E-state index in [1.165, 1.54) is 37.3 Å². The molecular weight excluding hydrogens is 316 g/mol. The summed E-state index contributed by atoms with van der Waals surface area (Å²) < 4.78 is 5.19. The summed E-state index contributed by atoms with van der Waals surface area (Å²) in [6, 6.07) is 8.80. The molecule has 0 unspecified atom stereocenters. The van der Waals surface area contributed by atoms with Crippen molar-refractivity contribution in [3.63, 3.8) is 0 Å². The number of fused-ring (bicyclic) bond motifs is 1. The predicted octanol–water partition coefficient (Wildman–Crippen LogP) is -2.40. The molecule has 1 aromatic heterocycles. The van der Waals surface area contributed by atoms with Crippen LogP contribution in [0, 0.1) is 0 Å². The molecule has 0 aliphatic carbocycles. The quantitative estimate of drug-likeness (QED) is 0.612. The first-order valence-corrected chi connectivity index (χ1v) is 7.89. The normalized spacial score (nSPS) is 15.1. The molecule has 124 valence electrons. The molecule has 3 rings (SSSR count). The molecule has 0 atom stereocenters. The van der Waals surface area contributed by atoms with Crippen LogP contribution >= 0.6 is 0 Å². The Bertz CT molecular complexity index is 723. The maximum absolute atomic E-state index is 12.2. The summed E-state index contributed by atoms with van der Waals surface area (Å²) in [5.41, 5.74) is -0.00400. The SMILES string of the molecule is O=C(NCC[NH+]1CCCCC1)c1cc2ccccc2oc1=O.[Cl-]. The van der Waals surface area contributed by atoms with Crippen LogP contribution in [0.5, 0.6) is 0 Å². The molecule has 0 saturated carbocycles. The van der Waals surface area contributed by atoms with E-state index in [2.05, 4.69) is 5.32 Å². The molecule has 1 aromatic carbocycles. The van der Waals surface area contributed by atoms with Crippen molar-refractivity contribution in [3.05, 3.63) is 46.3 Å². The largest absolute Gasteiger partial charge is 1.00 e. The Hall–Kier alpha value is -1.85. The van der Waals surface area contributed by atoms with Gasteiger partial charge in [0.1, 0.15) is 11.1 Å². The third kappa shape index (κ3) is 4.33. The van der Waals surface area contributed by atoms with Gasteiger partial charge in [0.25, 0.3) is 5.91 Å². The second-order valence-electron chi connectivity index (χ2n) is 5.80. The number of hydrogen-bond acceptors (Lipinski definition) is 3. The summed E-state index contributed by atoms with van der Waals surface area (Å²) in [4.78, 5) is 25.6. The van der Waals surface area contributed by atoms with Crippen LogP contribution in [0.15, 0.2) is 39.5 Å². The highest BCUT2D eigenvalue weighted by atomic mass is 35.5. The van der Waals surface area contributed by atoms with E-state index in [-0.39, 0.29) is 23.9 Å². The lowest BCUT2D eigenvalue weighted by Crippen LogP contribution is -3.13. The smallest absolute Gasteiger partial charge is 0.349 e. The van der Waals surface area contributed by atoms with Gasteiger partial charge >= 0.3 is 5.63 Å². The van der Waals surface area contributed by atoms with Gasteiger partial charge in [-0.1, -0.05) is 18.2 Å². The van der Waals surface area contributed by atoms with Gasteiger partial charge in [0.2, 0.25) is 0 Å². The van der Waals surface area contributed by atoms with E-state index in [0.29, 0.717) is 12.1 Å². The van der Waals surface area contributed by atoms with Crippen LogP contribution in [0.25, 0.3) is 11.0 Å². The lowest BCUT2D eigenvalue weighted by molar-refractivity contribution is -0.903. The van der Waals surface area contributed by atoms with Crippen molar-refractivity contribution in [2.45, 2.75) is 19.3 Å². The van der Waals surface area contributed by atoms with Crippen molar-refractivity contribution in [1.82, 2.24) is 5.32 Å². The van der Waals surface area contributed by atoms with Crippen molar-refractivity contribution in [2.24, 2.45) is 0 Å². The van der Waals surface area contributed by atoms with Gasteiger partial charge in [-0.05, 0) is 31.4 Å². The first-order valence-electron chi connectivity index (χ1n) is 7.89. The maximum atomic E-state index is 12.2. The first kappa shape index (κ1) is 17.5. The number of likely N-dealkylation sites (tertiary alicyclic amines) is 1. The molecule has 0 radical (unpaired) electrons. The number of para-hydroxylation sites is 1. The van der Waals surface area contributed by atoms with Gasteiger partial charge in [-0.15, -0.1) is 0 Å². The number of carbonyl (C=O) groups excluding carboxylic acids is 1. The third-order valence-corrected chi connectivity index (χ3v) is 4.21. The molecule has 1 saturated heterocycles. The minimum absolute atomic E-state index is 0. The number of rotatable bonds is 4. The molecule has 23 heavy (non-hydrogen) atoms. The lowest BCUT2D eigenvalue weighted by Gasteiger charge is -2.23. The average Bonchev–Trinajstić information content (AvgIpc) is 2.55. The molecule has 1 aliphatic heterocycles. The highest BCUT2D eigenvalue weighted by Gasteiger charge is 2.16. The minimum Gasteiger partial charge on any atom is -1.00 e. The number of benzene rings is 1. The van der Waals surface area contributed by atoms with Crippen LogP contribution in [0.4, 0.5) is 0 Å². The average molecular weight is 337 g/mol. The Balaban J connectivity index is 0.00000192. The molecule has 1 fully saturated rings. The van der Waals surface area contributed by atoms with E-state index in [0.717, 1.165) is 11.9 Å². The summed E-state index contributed by atoms with van der Waals surface area (Å²) in [5.74, 6) is -0.351. The molecule has 1 aliphatic rings. The Morgan fingerprint density at radius 2 is 1.91 bits per heavy atom. The zero-order valence-corrected chi connectivity index (χ0v) is 13.7. The molecule has 0 spiro atoms. The van der Waals surface area contributed by atoms with E-state index in [9.17, 15) is 9.59 Å². The van der Waals surface area contributed by atoms with Crippen LogP contribution in [0.1, 0.15) is 29.6 Å². The molecule has 2 N–H and O–H groups in total. The molecule has 0 bridgehead atoms. The zero-order chi connectivity index (χ0) is 15.4. The number of carbonyl (C=O) groups is 1. The van der Waals surface area contributed by atoms with Gasteiger partial charge in [-0.2, -0.15) is 0 Å². The monoisotopic (exact) mass is 336 g/mol. The van der Waals surface area contributed by atoms with E-state index >= 15 is 0 Å². The second-order valence-corrected chi connectivity index (χ2v) is 5.80. The summed E-state index contributed by atoms with van der Waals surface area (Å²) >= 11 is 0. The van der Waals surface area contributed by atoms with E-state index in [1.807, 2.05) is 12.1 Å². The fourth-order valence-corrected chi connectivity index (χ4v) is 2.97. The fourth-order valence-electron chi connectivity index (χ4n) is 2.97. The standard InChI is InChI=1S/C17H20N2O3.ClH/c20-16(18-8-11-19-9-4-1-5-10-19)14-12-13-6-2-3-7-15(13)22-17(14)21;/h2-3,6-7,12H,1,4-5,8-11H2,(H,18,20);1H. The number of hydrogen-bond donors (Lipinski definition) is 2. The van der Waals surface area contributed by atoms with E-state index in [4.69, 9.17) is 4.42 Å². The van der Waals surface area contributed by atoms with Crippen molar-refractivity contribution >= 4 is 16.9 Å². The Kier molecular flexibility index (Phi) is 6.19. The summed E-state index contributed by atoms with van der Waals surface area (Å²) in [7, 11) is 0. The van der Waals surface area contributed by atoms with Crippen molar-refractivity contribution < 1.29 is 26.5 Å². The summed E-state index contributed by atoms with van der Waals surface area (Å²) in [5, 5.41) is 3.59. The molecule has 2 aromatic rings. The van der Waals surface area contributed by atoms with Crippen LogP contribution in [-0.2, 0) is 0 Å². The van der Waals surface area contributed by atoms with Gasteiger partial charge in [0, 0.05) is 5.39 Å². The number of quaternary nitrogens is 1. The number of nitrogens with one attached hydrogen (secondary N) is 2. The van der Waals surface area contributed by atoms with Gasteiger partial charge in [-0.3, -0.25) is 4.79 Å². The van der Waals surface area contributed by atoms with E-state index < -0.39 is 5.63 Å². The van der Waals surface area contributed by atoms with Crippen LogP contribution in [0.2, 0.25) is 0 Å². The maximum Gasteiger partial charge on any atom is 0.349 e. The Morgan fingerprint density at radius 1 is 1.17 bits per heavy atom. The Labute approximate surface area is 141 Å².